The SMILES string of the molecule is CC(C)(C)NCc1ncc(C2C(C)(C)C2(C)C)o1. The summed E-state index contributed by atoms with van der Waals surface area (Å²) in [7, 11) is 0. The third kappa shape index (κ3) is 2.20. The minimum Gasteiger partial charge on any atom is -0.444 e. The summed E-state index contributed by atoms with van der Waals surface area (Å²) in [6.45, 7) is 16.3. The van der Waals surface area contributed by atoms with Crippen molar-refractivity contribution < 1.29 is 4.42 Å². The summed E-state index contributed by atoms with van der Waals surface area (Å²) >= 11 is 0. The maximum atomic E-state index is 5.90. The molecule has 1 saturated carbocycles. The van der Waals surface area contributed by atoms with Gasteiger partial charge in [-0.15, -0.1) is 0 Å². The van der Waals surface area contributed by atoms with Gasteiger partial charge in [0.15, 0.2) is 0 Å². The zero-order valence-corrected chi connectivity index (χ0v) is 12.7. The van der Waals surface area contributed by atoms with Crippen molar-refractivity contribution in [2.75, 3.05) is 0 Å². The van der Waals surface area contributed by atoms with Gasteiger partial charge >= 0.3 is 0 Å². The number of rotatable bonds is 3. The predicted molar refractivity (Wildman–Crippen MR) is 73.4 cm³/mol. The second kappa shape index (κ2) is 3.83. The molecule has 0 aromatic carbocycles. The summed E-state index contributed by atoms with van der Waals surface area (Å²) in [5.41, 5.74) is 0.704. The van der Waals surface area contributed by atoms with Gasteiger partial charge in [0.25, 0.3) is 0 Å². The average Bonchev–Trinajstić information content (AvgIpc) is 2.56. The van der Waals surface area contributed by atoms with Crippen LogP contribution in [0.5, 0.6) is 0 Å². The van der Waals surface area contributed by atoms with Gasteiger partial charge in [0, 0.05) is 11.5 Å². The number of aromatic nitrogens is 1. The molecule has 2 rings (SSSR count). The molecule has 1 heterocycles. The van der Waals surface area contributed by atoms with E-state index < -0.39 is 0 Å². The van der Waals surface area contributed by atoms with Gasteiger partial charge in [-0.2, -0.15) is 0 Å². The van der Waals surface area contributed by atoms with Crippen molar-refractivity contribution in [1.29, 1.82) is 0 Å². The van der Waals surface area contributed by atoms with E-state index in [4.69, 9.17) is 4.42 Å². The molecule has 0 saturated heterocycles. The Balaban J connectivity index is 2.05. The highest BCUT2D eigenvalue weighted by molar-refractivity contribution is 5.27. The lowest BCUT2D eigenvalue weighted by atomic mass is 10.0. The molecule has 0 radical (unpaired) electrons. The standard InChI is InChI=1S/C15H26N2O/c1-13(2,3)17-9-11-16-8-10(18-11)12-14(4,5)15(12,6)7/h8,12,17H,9H2,1-7H3. The van der Waals surface area contributed by atoms with Crippen molar-refractivity contribution in [2.24, 2.45) is 10.8 Å². The molecule has 102 valence electrons. The molecule has 1 aliphatic rings. The minimum atomic E-state index is 0.0900. The number of nitrogens with one attached hydrogen (secondary N) is 1. The summed E-state index contributed by atoms with van der Waals surface area (Å²) in [6.07, 6.45) is 1.90. The molecule has 0 bridgehead atoms. The predicted octanol–water partition coefficient (Wildman–Crippen LogP) is 3.71. The van der Waals surface area contributed by atoms with Crippen molar-refractivity contribution in [3.8, 4) is 0 Å². The van der Waals surface area contributed by atoms with Gasteiger partial charge in [-0.1, -0.05) is 27.7 Å². The molecule has 1 fully saturated rings. The molecule has 1 aromatic rings. The summed E-state index contributed by atoms with van der Waals surface area (Å²) in [5, 5.41) is 3.40. The van der Waals surface area contributed by atoms with E-state index in [0.29, 0.717) is 23.3 Å². The van der Waals surface area contributed by atoms with Crippen molar-refractivity contribution in [3.05, 3.63) is 17.8 Å². The van der Waals surface area contributed by atoms with Gasteiger partial charge in [0.05, 0.1) is 12.7 Å². The summed E-state index contributed by atoms with van der Waals surface area (Å²) in [6, 6.07) is 0. The average molecular weight is 250 g/mol. The Labute approximate surface area is 110 Å². The molecule has 0 spiro atoms. The lowest BCUT2D eigenvalue weighted by Gasteiger charge is -2.18. The minimum absolute atomic E-state index is 0.0900. The maximum Gasteiger partial charge on any atom is 0.208 e. The molecule has 3 heteroatoms. The Morgan fingerprint density at radius 3 is 2.22 bits per heavy atom. The molecule has 0 atom stereocenters. The second-order valence-electron chi connectivity index (χ2n) is 7.64. The first-order valence-corrected chi connectivity index (χ1v) is 6.75. The summed E-state index contributed by atoms with van der Waals surface area (Å²) in [4.78, 5) is 4.38. The number of hydrogen-bond donors (Lipinski definition) is 1. The number of nitrogens with zero attached hydrogens (tertiary/aromatic N) is 1. The first-order valence-electron chi connectivity index (χ1n) is 6.75. The van der Waals surface area contributed by atoms with E-state index >= 15 is 0 Å². The molecule has 0 aliphatic heterocycles. The zero-order chi connectivity index (χ0) is 13.8. The van der Waals surface area contributed by atoms with Crippen LogP contribution < -0.4 is 5.32 Å². The highest BCUT2D eigenvalue weighted by Gasteiger charge is 2.66. The van der Waals surface area contributed by atoms with Crippen molar-refractivity contribution in [1.82, 2.24) is 10.3 Å². The Bertz CT molecular complexity index is 424. The third-order valence-corrected chi connectivity index (χ3v) is 4.65. The fraction of sp³-hybridized carbons (Fsp3) is 0.800. The highest BCUT2D eigenvalue weighted by atomic mass is 16.4. The van der Waals surface area contributed by atoms with E-state index in [0.717, 1.165) is 11.7 Å². The lowest BCUT2D eigenvalue weighted by molar-refractivity contribution is 0.367. The van der Waals surface area contributed by atoms with Gasteiger partial charge in [-0.3, -0.25) is 0 Å². The monoisotopic (exact) mass is 250 g/mol. The number of oxazole rings is 1. The van der Waals surface area contributed by atoms with Crippen LogP contribution in [0.25, 0.3) is 0 Å². The molecule has 3 nitrogen and oxygen atoms in total. The Hall–Kier alpha value is -0.830. The van der Waals surface area contributed by atoms with Crippen molar-refractivity contribution >= 4 is 0 Å². The maximum absolute atomic E-state index is 5.90. The topological polar surface area (TPSA) is 38.1 Å². The molecule has 0 amide bonds. The zero-order valence-electron chi connectivity index (χ0n) is 12.7. The molecular formula is C15H26N2O. The normalized spacial score (nSPS) is 22.2. The van der Waals surface area contributed by atoms with Gasteiger partial charge in [0.2, 0.25) is 5.89 Å². The van der Waals surface area contributed by atoms with E-state index in [1.54, 1.807) is 0 Å². The van der Waals surface area contributed by atoms with Crippen LogP contribution in [0, 0.1) is 10.8 Å². The second-order valence-corrected chi connectivity index (χ2v) is 7.64. The number of hydrogen-bond acceptors (Lipinski definition) is 3. The molecule has 0 unspecified atom stereocenters. The van der Waals surface area contributed by atoms with Crippen molar-refractivity contribution in [3.63, 3.8) is 0 Å². The van der Waals surface area contributed by atoms with Crippen LogP contribution in [0.1, 0.15) is 66.0 Å². The van der Waals surface area contributed by atoms with Gasteiger partial charge in [-0.05, 0) is 31.6 Å². The summed E-state index contributed by atoms with van der Waals surface area (Å²) < 4.78 is 5.90. The van der Waals surface area contributed by atoms with E-state index in [-0.39, 0.29) is 5.54 Å². The van der Waals surface area contributed by atoms with Crippen molar-refractivity contribution in [2.45, 2.75) is 66.5 Å². The van der Waals surface area contributed by atoms with Crippen LogP contribution in [-0.2, 0) is 6.54 Å². The first kappa shape index (κ1) is 13.6. The van der Waals surface area contributed by atoms with Crippen LogP contribution in [-0.4, -0.2) is 10.5 Å². The fourth-order valence-electron chi connectivity index (χ4n) is 2.79. The Morgan fingerprint density at radius 2 is 1.78 bits per heavy atom. The van der Waals surface area contributed by atoms with E-state index in [2.05, 4.69) is 58.8 Å². The van der Waals surface area contributed by atoms with E-state index in [1.165, 1.54) is 0 Å². The van der Waals surface area contributed by atoms with Crippen LogP contribution in [0.3, 0.4) is 0 Å². The largest absolute Gasteiger partial charge is 0.444 e. The van der Waals surface area contributed by atoms with Gasteiger partial charge < -0.3 is 9.73 Å². The molecule has 1 aliphatic carbocycles. The first-order chi connectivity index (χ1) is 8.06. The fourth-order valence-corrected chi connectivity index (χ4v) is 2.79. The van der Waals surface area contributed by atoms with Crippen LogP contribution in [0.4, 0.5) is 0 Å². The van der Waals surface area contributed by atoms with Crippen LogP contribution >= 0.6 is 0 Å². The smallest absolute Gasteiger partial charge is 0.208 e. The molecule has 18 heavy (non-hydrogen) atoms. The molecule has 1 N–H and O–H groups in total. The highest BCUT2D eigenvalue weighted by Crippen LogP contribution is 2.73. The van der Waals surface area contributed by atoms with Gasteiger partial charge in [-0.25, -0.2) is 4.98 Å². The van der Waals surface area contributed by atoms with Gasteiger partial charge in [0.1, 0.15) is 5.76 Å². The lowest BCUT2D eigenvalue weighted by Crippen LogP contribution is -2.35. The van der Waals surface area contributed by atoms with Crippen LogP contribution in [0.15, 0.2) is 10.6 Å². The third-order valence-electron chi connectivity index (χ3n) is 4.65. The van der Waals surface area contributed by atoms with E-state index in [9.17, 15) is 0 Å². The molecule has 1 aromatic heterocycles. The quantitative estimate of drug-likeness (QED) is 0.888. The Morgan fingerprint density at radius 1 is 1.22 bits per heavy atom. The Kier molecular flexibility index (Phi) is 2.89. The van der Waals surface area contributed by atoms with E-state index in [1.807, 2.05) is 6.20 Å². The summed E-state index contributed by atoms with van der Waals surface area (Å²) in [5.74, 6) is 2.31. The molecular weight excluding hydrogens is 224 g/mol. The van der Waals surface area contributed by atoms with Crippen LogP contribution in [0.2, 0.25) is 0 Å².